The summed E-state index contributed by atoms with van der Waals surface area (Å²) in [6.07, 6.45) is -10.8. The lowest BCUT2D eigenvalue weighted by atomic mass is 10.0. The molecule has 34 nitrogen and oxygen atoms in total. The maximum Gasteiger partial charge on any atom is 0.408 e. The smallest absolute Gasteiger partial charge is 0.366 e. The van der Waals surface area contributed by atoms with Crippen LogP contribution < -0.4 is 65.8 Å². The molecule has 7 N–H and O–H groups in total. The van der Waals surface area contributed by atoms with Crippen LogP contribution in [0.25, 0.3) is 22.1 Å². The van der Waals surface area contributed by atoms with Gasteiger partial charge in [-0.1, -0.05) is 19.9 Å². The number of anilines is 12. The number of carbonyl (C=O) groups is 8. The molecule has 0 radical (unpaired) electrons. The number of Topliss-reactive ketones (excluding diaryl/α,β-unsaturated/α-hetero) is 3. The fraction of sp³-hybridized carbons (Fsp3) is 0.388. The molecule has 8 aliphatic rings. The molecule has 46 heteroatoms. The van der Waals surface area contributed by atoms with Gasteiger partial charge in [-0.05, 0) is 118 Å². The van der Waals surface area contributed by atoms with Crippen LogP contribution in [-0.4, -0.2) is 220 Å². The maximum absolute atomic E-state index is 13.3. The average Bonchev–Trinajstić information content (AvgIpc) is 1.59. The van der Waals surface area contributed by atoms with Crippen molar-refractivity contribution in [2.45, 2.75) is 140 Å². The number of aromatic nitrogens is 13. The van der Waals surface area contributed by atoms with E-state index in [2.05, 4.69) is 91.2 Å². The number of urea groups is 4. The quantitative estimate of drug-likeness (QED) is 0.0349. The third kappa shape index (κ3) is 19.2. The summed E-state index contributed by atoms with van der Waals surface area (Å²) in [4.78, 5) is 161. The van der Waals surface area contributed by atoms with Crippen molar-refractivity contribution in [1.29, 1.82) is 0 Å². The van der Waals surface area contributed by atoms with Crippen LogP contribution in [0.3, 0.4) is 0 Å². The van der Waals surface area contributed by atoms with E-state index in [1.54, 1.807) is 79.3 Å². The van der Waals surface area contributed by atoms with E-state index in [0.717, 1.165) is 24.5 Å². The standard InChI is InChI=1S/2C21H20F3N7O2.C20H21F3N6O2.C18H17F3N6O2/c1-11(21(22,23)24)8-16(32)14-2-3-15-18(27-14)31(13-5-7-30(15)10-13)20(33)29-19-26-9-12-4-6-25-17(12)28-19;1-11-2-3-13-17(25-11)28-29-18(13)27-20(33)31-12-7-9-30(10-12)15-5-4-14(26-19(15)31)16(32)6-8-21(22,23)24;1-2-15(20(21,22)23)26-18(30)13-6-7-14-17(25-13)29(12-8-10-28(14)11-12)19(31)27-16-5-3-4-9-24-16;19-18(20,21)5-3-14(28)12-1-2-13-16(24-12)27(11-4-8-26(13)10-11)17(29)25-15-9-22-6-7-23-15/h2-4,6,9,11,13H,5,7-8,10H2,1H3,(H2,25,26,28,29,33);2-5,12H,6-10H2,1H3,(H2,25,27,28,29,33);3-7,9,12,15H,2,8,10-11H2,1H3,(H,26,30)(H,24,27,31);1-2,6-7,9,11H,3-5,8,10H2,(H,23,25,29)/t11-,13-;12-;12-,15+;11-/m0000/s1. The van der Waals surface area contributed by atoms with E-state index in [1.165, 1.54) is 69.4 Å². The number of nitrogens with zero attached hydrogens (tertiary/aromatic N) is 19. The number of aromatic amines is 2. The summed E-state index contributed by atoms with van der Waals surface area (Å²) < 4.78 is 153. The number of H-pyrrole nitrogens is 2. The van der Waals surface area contributed by atoms with Gasteiger partial charge in [-0.2, -0.15) is 62.8 Å². The van der Waals surface area contributed by atoms with E-state index in [4.69, 9.17) is 0 Å². The molecule has 0 saturated carbocycles. The van der Waals surface area contributed by atoms with Crippen molar-refractivity contribution in [2.75, 3.05) is 113 Å². The molecule has 8 bridgehead atoms. The lowest BCUT2D eigenvalue weighted by Crippen LogP contribution is -2.49. The predicted octanol–water partition coefficient (Wildman–Crippen LogP) is 13.8. The zero-order chi connectivity index (χ0) is 89.4. The highest BCUT2D eigenvalue weighted by Crippen LogP contribution is 2.45. The van der Waals surface area contributed by atoms with E-state index in [9.17, 15) is 91.0 Å². The molecule has 0 aromatic carbocycles. The Morgan fingerprint density at radius 3 is 1.40 bits per heavy atom. The van der Waals surface area contributed by atoms with Gasteiger partial charge in [0.15, 0.2) is 57.9 Å². The Hall–Kier alpha value is -14.0. The van der Waals surface area contributed by atoms with Crippen molar-refractivity contribution >= 4 is 139 Å². The number of fused-ring (bicyclic) bond motifs is 18. The largest absolute Gasteiger partial charge is 0.408 e. The van der Waals surface area contributed by atoms with Gasteiger partial charge in [-0.3, -0.25) is 70.1 Å². The van der Waals surface area contributed by atoms with Gasteiger partial charge in [0.25, 0.3) is 5.91 Å². The van der Waals surface area contributed by atoms with Gasteiger partial charge < -0.3 is 29.9 Å². The van der Waals surface area contributed by atoms with Crippen LogP contribution in [0.4, 0.5) is 141 Å². The maximum atomic E-state index is 13.3. The molecule has 0 spiro atoms. The molecule has 9 amide bonds. The Morgan fingerprint density at radius 2 is 0.944 bits per heavy atom. The van der Waals surface area contributed by atoms with Gasteiger partial charge in [0.2, 0.25) is 5.95 Å². The molecule has 4 saturated heterocycles. The number of pyridine rings is 6. The number of aryl methyl sites for hydroxylation is 1. The lowest BCUT2D eigenvalue weighted by Gasteiger charge is -2.35. The fourth-order valence-electron chi connectivity index (χ4n) is 15.8. The number of nitrogens with one attached hydrogen (secondary N) is 7. The van der Waals surface area contributed by atoms with Crippen LogP contribution in [0.5, 0.6) is 0 Å². The Bertz CT molecular complexity index is 5810. The molecule has 0 unspecified atom stereocenters. The summed E-state index contributed by atoms with van der Waals surface area (Å²) >= 11 is 0. The van der Waals surface area contributed by atoms with E-state index < -0.39 is 116 Å². The summed E-state index contributed by atoms with van der Waals surface area (Å²) in [5.74, 6) is -2.85. The molecule has 0 aliphatic carbocycles. The average molecular weight is 1760 g/mol. The van der Waals surface area contributed by atoms with Crippen molar-refractivity contribution in [3.8, 4) is 0 Å². The normalized spacial score (nSPS) is 18.0. The third-order valence-electron chi connectivity index (χ3n) is 22.2. The molecule has 4 fully saturated rings. The van der Waals surface area contributed by atoms with E-state index in [-0.39, 0.29) is 88.4 Å². The molecular weight excluding hydrogens is 1680 g/mol. The monoisotopic (exact) mass is 1760 g/mol. The highest BCUT2D eigenvalue weighted by molar-refractivity contribution is 6.10. The first-order valence-electron chi connectivity index (χ1n) is 39.9. The highest BCUT2D eigenvalue weighted by Gasteiger charge is 2.48. The second kappa shape index (κ2) is 35.3. The third-order valence-corrected chi connectivity index (χ3v) is 22.2. The van der Waals surface area contributed by atoms with Crippen LogP contribution in [-0.2, 0) is 0 Å². The number of hydrogen-bond acceptors (Lipinski definition) is 23. The highest BCUT2D eigenvalue weighted by atomic mass is 19.4. The summed E-state index contributed by atoms with van der Waals surface area (Å²) in [6, 6.07) is 18.0. The van der Waals surface area contributed by atoms with E-state index in [0.29, 0.717) is 123 Å². The summed E-state index contributed by atoms with van der Waals surface area (Å²) in [6.45, 7) is 9.41. The minimum atomic E-state index is -4.56. The zero-order valence-electron chi connectivity index (χ0n) is 67.0. The van der Waals surface area contributed by atoms with Crippen molar-refractivity contribution in [3.05, 3.63) is 151 Å². The van der Waals surface area contributed by atoms with Gasteiger partial charge in [0.1, 0.15) is 40.3 Å². The van der Waals surface area contributed by atoms with Crippen LogP contribution >= 0.6 is 0 Å². The van der Waals surface area contributed by atoms with E-state index >= 15 is 0 Å². The topological polar surface area (TPSA) is 396 Å². The Labute approximate surface area is 706 Å². The first-order valence-corrected chi connectivity index (χ1v) is 39.9. The molecule has 10 aromatic rings. The second-order valence-electron chi connectivity index (χ2n) is 30.7. The summed E-state index contributed by atoms with van der Waals surface area (Å²) in [7, 11) is 0. The van der Waals surface area contributed by atoms with Gasteiger partial charge in [0.05, 0.1) is 77.3 Å². The van der Waals surface area contributed by atoms with Crippen molar-refractivity contribution < 1.29 is 91.0 Å². The first kappa shape index (κ1) is 86.9. The summed E-state index contributed by atoms with van der Waals surface area (Å²) in [5.41, 5.74) is 4.07. The number of halogens is 12. The molecule has 18 rings (SSSR count). The van der Waals surface area contributed by atoms with Crippen LogP contribution in [0.1, 0.15) is 126 Å². The number of hydrogen-bond donors (Lipinski definition) is 7. The van der Waals surface area contributed by atoms with Crippen molar-refractivity contribution in [2.24, 2.45) is 5.92 Å². The van der Waals surface area contributed by atoms with Crippen LogP contribution in [0.15, 0.2) is 122 Å². The fourth-order valence-corrected chi connectivity index (χ4v) is 15.8. The number of rotatable bonds is 16. The van der Waals surface area contributed by atoms with Gasteiger partial charge in [-0.25, -0.2) is 59.0 Å². The Balaban J connectivity index is 0.000000130. The molecule has 8 aliphatic heterocycles. The van der Waals surface area contributed by atoms with Crippen molar-refractivity contribution in [1.82, 2.24) is 70.3 Å². The van der Waals surface area contributed by atoms with Crippen LogP contribution in [0, 0.1) is 12.8 Å². The molecule has 126 heavy (non-hydrogen) atoms. The van der Waals surface area contributed by atoms with Crippen molar-refractivity contribution in [3.63, 3.8) is 0 Å². The molecular formula is C80H78F12N26O8. The zero-order valence-corrected chi connectivity index (χ0v) is 67.0. The van der Waals surface area contributed by atoms with Gasteiger partial charge in [-0.15, -0.1) is 0 Å². The molecule has 10 aromatic heterocycles. The number of carbonyl (C=O) groups excluding carboxylic acids is 8. The first-order chi connectivity index (χ1) is 60.0. The number of ketones is 3. The lowest BCUT2D eigenvalue weighted by molar-refractivity contribution is -0.168. The number of alkyl halides is 12. The summed E-state index contributed by atoms with van der Waals surface area (Å²) in [5, 5.41) is 21.2. The van der Waals surface area contributed by atoms with Gasteiger partial charge >= 0.3 is 48.8 Å². The Kier molecular flexibility index (Phi) is 24.4. The predicted molar refractivity (Wildman–Crippen MR) is 435 cm³/mol. The molecule has 660 valence electrons. The van der Waals surface area contributed by atoms with Gasteiger partial charge in [0, 0.05) is 114 Å². The minimum Gasteiger partial charge on any atom is -0.366 e. The molecule has 18 heterocycles. The molecule has 6 atom stereocenters. The second-order valence-corrected chi connectivity index (χ2v) is 30.7. The Morgan fingerprint density at radius 1 is 0.476 bits per heavy atom. The van der Waals surface area contributed by atoms with E-state index in [1.807, 2.05) is 26.9 Å². The minimum absolute atomic E-state index is 0.0900. The number of amides is 9. The SMILES string of the molecule is CC[C@@H](NC(=O)c1ccc2c(n1)N(C(=O)Nc1ccccn1)[C@H]1CCN2C1)C(F)(F)F.C[C@@H](CC(=O)c1ccc2c(n1)N(C(=O)Nc1ncc3cc[nH]c3n1)[C@H]1CCN2C1)C(F)(F)F.Cc1ccc2c(NC(=O)N3c4nc(C(=O)CCC(F)(F)F)ccc4N4CC[C@H]3C4)n[nH]c2n1.O=C(CCC(F)(F)F)c1ccc2c(n1)N(C(=O)Nc1cnccn1)[C@H]1CCN2C1. The van der Waals surface area contributed by atoms with Crippen LogP contribution in [0.2, 0.25) is 0 Å².